The molecule has 2 aromatic rings. The van der Waals surface area contributed by atoms with E-state index in [4.69, 9.17) is 12.2 Å². The highest BCUT2D eigenvalue weighted by Crippen LogP contribution is 2.36. The monoisotopic (exact) mass is 348 g/mol. The van der Waals surface area contributed by atoms with E-state index >= 15 is 0 Å². The number of hydrogen-bond donors (Lipinski definition) is 1. The Kier molecular flexibility index (Phi) is 4.40. The van der Waals surface area contributed by atoms with Gasteiger partial charge in [0.05, 0.1) is 10.9 Å². The highest BCUT2D eigenvalue weighted by molar-refractivity contribution is 7.89. The van der Waals surface area contributed by atoms with Crippen LogP contribution in [0.2, 0.25) is 0 Å². The molecule has 0 aliphatic carbocycles. The summed E-state index contributed by atoms with van der Waals surface area (Å²) in [6, 6.07) is 8.90. The molecule has 3 rings (SSSR count). The third-order valence-electron chi connectivity index (χ3n) is 4.33. The molecule has 23 heavy (non-hydrogen) atoms. The zero-order valence-corrected chi connectivity index (χ0v) is 14.9. The first-order chi connectivity index (χ1) is 10.9. The zero-order chi connectivity index (χ0) is 16.6. The molecule has 1 aromatic carbocycles. The number of rotatable bonds is 3. The summed E-state index contributed by atoms with van der Waals surface area (Å²) in [5, 5.41) is 0. The van der Waals surface area contributed by atoms with E-state index in [0.717, 1.165) is 29.5 Å². The predicted molar refractivity (Wildman–Crippen MR) is 93.4 cm³/mol. The van der Waals surface area contributed by atoms with Gasteiger partial charge in [0.25, 0.3) is 0 Å². The molecule has 0 radical (unpaired) electrons. The minimum atomic E-state index is -3.48. The van der Waals surface area contributed by atoms with E-state index in [1.807, 2.05) is 38.2 Å². The van der Waals surface area contributed by atoms with Crippen LogP contribution in [0.4, 0.5) is 0 Å². The zero-order valence-electron chi connectivity index (χ0n) is 13.2. The average Bonchev–Trinajstić information content (AvgIpc) is 3.01. The summed E-state index contributed by atoms with van der Waals surface area (Å²) >= 11 is 5.19. The van der Waals surface area contributed by atoms with Gasteiger partial charge in [-0.1, -0.05) is 36.0 Å². The summed E-state index contributed by atoms with van der Waals surface area (Å²) in [5.74, 6) is 0. The van der Waals surface area contributed by atoms with Crippen molar-refractivity contribution in [1.82, 2.24) is 9.29 Å². The number of pyridine rings is 1. The van der Waals surface area contributed by atoms with Crippen LogP contribution in [0.5, 0.6) is 0 Å². The molecule has 1 saturated heterocycles. The van der Waals surface area contributed by atoms with Gasteiger partial charge in [-0.2, -0.15) is 4.31 Å². The lowest BCUT2D eigenvalue weighted by atomic mass is 10.1. The highest BCUT2D eigenvalue weighted by atomic mass is 32.2. The number of aromatic nitrogens is 1. The number of sulfonamides is 1. The molecule has 0 unspecified atom stereocenters. The smallest absolute Gasteiger partial charge is 0.243 e. The molecular weight excluding hydrogens is 328 g/mol. The number of hydrogen-bond acceptors (Lipinski definition) is 3. The van der Waals surface area contributed by atoms with Crippen LogP contribution in [-0.2, 0) is 10.0 Å². The number of H-pyrrole nitrogens is 1. The number of benzene rings is 1. The van der Waals surface area contributed by atoms with Crippen molar-refractivity contribution in [2.75, 3.05) is 6.54 Å². The van der Waals surface area contributed by atoms with E-state index in [1.54, 1.807) is 16.4 Å². The largest absolute Gasteiger partial charge is 0.352 e. The lowest BCUT2D eigenvalue weighted by Gasteiger charge is -2.24. The predicted octanol–water partition coefficient (Wildman–Crippen LogP) is 3.89. The van der Waals surface area contributed by atoms with Gasteiger partial charge in [-0.15, -0.1) is 0 Å². The summed E-state index contributed by atoms with van der Waals surface area (Å²) in [6.45, 7) is 4.44. The lowest BCUT2D eigenvalue weighted by Crippen LogP contribution is -2.30. The van der Waals surface area contributed by atoms with E-state index < -0.39 is 10.0 Å². The minimum Gasteiger partial charge on any atom is -0.352 e. The average molecular weight is 348 g/mol. The van der Waals surface area contributed by atoms with Crippen LogP contribution in [0, 0.1) is 18.5 Å². The molecular formula is C17H20N2O2S2. The molecule has 1 fully saturated rings. The van der Waals surface area contributed by atoms with Gasteiger partial charge in [0, 0.05) is 12.7 Å². The van der Waals surface area contributed by atoms with Crippen LogP contribution >= 0.6 is 12.2 Å². The Morgan fingerprint density at radius 1 is 1.22 bits per heavy atom. The van der Waals surface area contributed by atoms with Crippen molar-refractivity contribution in [2.45, 2.75) is 37.6 Å². The van der Waals surface area contributed by atoms with Crippen molar-refractivity contribution in [1.29, 1.82) is 0 Å². The molecule has 1 N–H and O–H groups in total. The summed E-state index contributed by atoms with van der Waals surface area (Å²) < 4.78 is 28.3. The third kappa shape index (κ3) is 3.11. The molecule has 1 aliphatic rings. The normalized spacial score (nSPS) is 19.1. The Labute approximate surface area is 142 Å². The maximum atomic E-state index is 13.0. The lowest BCUT2D eigenvalue weighted by molar-refractivity contribution is 0.396. The highest BCUT2D eigenvalue weighted by Gasteiger charge is 2.36. The molecule has 0 amide bonds. The van der Waals surface area contributed by atoms with Gasteiger partial charge < -0.3 is 4.98 Å². The standard InChI is InChI=1S/C17H20N2O2S2/c1-12-5-7-15(8-6-12)23(20,21)19-9-3-4-16(19)14-10-13(2)17(22)18-11-14/h5-8,10-11,16H,3-4,9H2,1-2H3,(H,18,22)/t16-/m0/s1. The van der Waals surface area contributed by atoms with Gasteiger partial charge in [-0.3, -0.25) is 0 Å². The maximum absolute atomic E-state index is 13.0. The second-order valence-corrected chi connectivity index (χ2v) is 8.33. The van der Waals surface area contributed by atoms with Crippen LogP contribution in [0.3, 0.4) is 0 Å². The second-order valence-electron chi connectivity index (χ2n) is 6.03. The topological polar surface area (TPSA) is 53.2 Å². The van der Waals surface area contributed by atoms with Crippen LogP contribution in [0.25, 0.3) is 0 Å². The summed E-state index contributed by atoms with van der Waals surface area (Å²) in [6.07, 6.45) is 3.53. The fourth-order valence-electron chi connectivity index (χ4n) is 3.02. The summed E-state index contributed by atoms with van der Waals surface area (Å²) in [5.41, 5.74) is 2.99. The molecule has 0 spiro atoms. The van der Waals surface area contributed by atoms with Crippen molar-refractivity contribution >= 4 is 22.2 Å². The van der Waals surface area contributed by atoms with Crippen molar-refractivity contribution in [3.63, 3.8) is 0 Å². The van der Waals surface area contributed by atoms with Crippen LogP contribution in [0.1, 0.15) is 35.6 Å². The van der Waals surface area contributed by atoms with Crippen molar-refractivity contribution < 1.29 is 8.42 Å². The van der Waals surface area contributed by atoms with Gasteiger partial charge in [0.15, 0.2) is 0 Å². The Bertz CT molecular complexity index is 870. The van der Waals surface area contributed by atoms with Gasteiger partial charge in [-0.25, -0.2) is 8.42 Å². The molecule has 4 nitrogen and oxygen atoms in total. The van der Waals surface area contributed by atoms with E-state index in [9.17, 15) is 8.42 Å². The van der Waals surface area contributed by atoms with Crippen molar-refractivity contribution in [3.8, 4) is 0 Å². The van der Waals surface area contributed by atoms with Crippen molar-refractivity contribution in [2.24, 2.45) is 0 Å². The molecule has 1 aromatic heterocycles. The fourth-order valence-corrected chi connectivity index (χ4v) is 4.82. The molecule has 1 atom stereocenters. The summed E-state index contributed by atoms with van der Waals surface area (Å²) in [7, 11) is -3.48. The molecule has 122 valence electrons. The number of nitrogens with zero attached hydrogens (tertiary/aromatic N) is 1. The van der Waals surface area contributed by atoms with Gasteiger partial charge >= 0.3 is 0 Å². The van der Waals surface area contributed by atoms with Crippen molar-refractivity contribution in [3.05, 3.63) is 57.9 Å². The summed E-state index contributed by atoms with van der Waals surface area (Å²) in [4.78, 5) is 3.41. The van der Waals surface area contributed by atoms with E-state index in [1.165, 1.54) is 0 Å². The third-order valence-corrected chi connectivity index (χ3v) is 6.69. The van der Waals surface area contributed by atoms with E-state index in [2.05, 4.69) is 4.98 Å². The van der Waals surface area contributed by atoms with Crippen LogP contribution < -0.4 is 0 Å². The van der Waals surface area contributed by atoms with Crippen LogP contribution in [0.15, 0.2) is 41.4 Å². The molecule has 2 heterocycles. The first-order valence-corrected chi connectivity index (χ1v) is 9.52. The Hall–Kier alpha value is -1.50. The molecule has 0 bridgehead atoms. The number of nitrogens with one attached hydrogen (secondary N) is 1. The maximum Gasteiger partial charge on any atom is 0.243 e. The fraction of sp³-hybridized carbons (Fsp3) is 0.353. The quantitative estimate of drug-likeness (QED) is 0.856. The van der Waals surface area contributed by atoms with Gasteiger partial charge in [0.2, 0.25) is 10.0 Å². The SMILES string of the molecule is Cc1ccc(S(=O)(=O)N2CCC[C@H]2c2c[nH]c(=S)c(C)c2)cc1. The number of aryl methyl sites for hydroxylation is 2. The minimum absolute atomic E-state index is 0.133. The first kappa shape index (κ1) is 16.4. The van der Waals surface area contributed by atoms with E-state index in [0.29, 0.717) is 16.1 Å². The second kappa shape index (κ2) is 6.19. The molecule has 0 saturated carbocycles. The molecule has 6 heteroatoms. The first-order valence-electron chi connectivity index (χ1n) is 7.67. The Balaban J connectivity index is 1.99. The Morgan fingerprint density at radius 2 is 1.91 bits per heavy atom. The number of aromatic amines is 1. The Morgan fingerprint density at radius 3 is 2.57 bits per heavy atom. The molecule has 1 aliphatic heterocycles. The van der Waals surface area contributed by atoms with Gasteiger partial charge in [-0.05, 0) is 49.9 Å². The van der Waals surface area contributed by atoms with E-state index in [-0.39, 0.29) is 6.04 Å². The van der Waals surface area contributed by atoms with Crippen LogP contribution in [-0.4, -0.2) is 24.3 Å². The van der Waals surface area contributed by atoms with Gasteiger partial charge in [0.1, 0.15) is 4.64 Å².